The number of carbonyl (C=O) groups excluding carboxylic acids is 1. The van der Waals surface area contributed by atoms with Crippen molar-refractivity contribution in [2.45, 2.75) is 19.4 Å². The number of aliphatic carboxylic acids is 1. The third-order valence-corrected chi connectivity index (χ3v) is 2.72. The highest BCUT2D eigenvalue weighted by atomic mass is 35.5. The SMILES string of the molecule is CC(=O)NC(Cc1ncc(Cl)s1)C(=O)O. The third-order valence-electron chi connectivity index (χ3n) is 1.58. The molecule has 15 heavy (non-hydrogen) atoms. The van der Waals surface area contributed by atoms with Crippen LogP contribution in [0.5, 0.6) is 0 Å². The van der Waals surface area contributed by atoms with Crippen LogP contribution in [0.15, 0.2) is 6.20 Å². The fourth-order valence-corrected chi connectivity index (χ4v) is 2.00. The van der Waals surface area contributed by atoms with Gasteiger partial charge in [0.25, 0.3) is 0 Å². The summed E-state index contributed by atoms with van der Waals surface area (Å²) in [7, 11) is 0. The lowest BCUT2D eigenvalue weighted by molar-refractivity contribution is -0.141. The summed E-state index contributed by atoms with van der Waals surface area (Å²) >= 11 is 6.85. The topological polar surface area (TPSA) is 79.3 Å². The van der Waals surface area contributed by atoms with Crippen LogP contribution in [0.3, 0.4) is 0 Å². The summed E-state index contributed by atoms with van der Waals surface area (Å²) in [6.07, 6.45) is 1.60. The first-order valence-electron chi connectivity index (χ1n) is 4.09. The zero-order valence-electron chi connectivity index (χ0n) is 7.86. The first kappa shape index (κ1) is 11.9. The van der Waals surface area contributed by atoms with Gasteiger partial charge < -0.3 is 10.4 Å². The van der Waals surface area contributed by atoms with Gasteiger partial charge in [0, 0.05) is 13.3 Å². The highest BCUT2D eigenvalue weighted by Gasteiger charge is 2.20. The normalized spacial score (nSPS) is 12.1. The van der Waals surface area contributed by atoms with Gasteiger partial charge in [-0.1, -0.05) is 11.6 Å². The molecular formula is C8H9ClN2O3S. The Balaban J connectivity index is 2.66. The van der Waals surface area contributed by atoms with Gasteiger partial charge in [-0.25, -0.2) is 9.78 Å². The van der Waals surface area contributed by atoms with Crippen LogP contribution >= 0.6 is 22.9 Å². The van der Waals surface area contributed by atoms with Gasteiger partial charge in [-0.3, -0.25) is 4.79 Å². The van der Waals surface area contributed by atoms with E-state index in [1.807, 2.05) is 0 Å². The van der Waals surface area contributed by atoms with Gasteiger partial charge in [-0.2, -0.15) is 0 Å². The van der Waals surface area contributed by atoms with Gasteiger partial charge in [-0.15, -0.1) is 11.3 Å². The molecule has 0 fully saturated rings. The lowest BCUT2D eigenvalue weighted by Gasteiger charge is -2.10. The maximum atomic E-state index is 10.8. The Morgan fingerprint density at radius 2 is 2.40 bits per heavy atom. The summed E-state index contributed by atoms with van der Waals surface area (Å²) in [5.41, 5.74) is 0. The van der Waals surface area contributed by atoms with Crippen LogP contribution in [0.1, 0.15) is 11.9 Å². The Labute approximate surface area is 95.1 Å². The summed E-state index contributed by atoms with van der Waals surface area (Å²) < 4.78 is 0.497. The standard InChI is InChI=1S/C8H9ClN2O3S/c1-4(12)11-5(8(13)14)2-7-10-3-6(9)15-7/h3,5H,2H2,1H3,(H,11,12)(H,13,14). The maximum Gasteiger partial charge on any atom is 0.326 e. The molecule has 1 aromatic heterocycles. The maximum absolute atomic E-state index is 10.8. The van der Waals surface area contributed by atoms with E-state index >= 15 is 0 Å². The molecule has 0 aromatic carbocycles. The molecule has 1 rings (SSSR count). The first-order valence-corrected chi connectivity index (χ1v) is 5.28. The molecule has 0 saturated heterocycles. The number of nitrogens with zero attached hydrogens (tertiary/aromatic N) is 1. The molecule has 1 heterocycles. The quantitative estimate of drug-likeness (QED) is 0.831. The molecule has 82 valence electrons. The molecule has 1 unspecified atom stereocenters. The number of aromatic nitrogens is 1. The van der Waals surface area contributed by atoms with E-state index in [2.05, 4.69) is 10.3 Å². The minimum absolute atomic E-state index is 0.145. The zero-order valence-corrected chi connectivity index (χ0v) is 9.43. The van der Waals surface area contributed by atoms with E-state index in [4.69, 9.17) is 16.7 Å². The molecule has 5 nitrogen and oxygen atoms in total. The Bertz CT molecular complexity index is 380. The fourth-order valence-electron chi connectivity index (χ4n) is 1.00. The molecule has 0 aliphatic rings. The molecule has 0 bridgehead atoms. The number of hydrogen-bond donors (Lipinski definition) is 2. The van der Waals surface area contributed by atoms with Crippen LogP contribution in [-0.4, -0.2) is 28.0 Å². The molecule has 0 saturated carbocycles. The monoisotopic (exact) mass is 248 g/mol. The highest BCUT2D eigenvalue weighted by molar-refractivity contribution is 7.15. The summed E-state index contributed by atoms with van der Waals surface area (Å²) in [6.45, 7) is 1.27. The van der Waals surface area contributed by atoms with Crippen molar-refractivity contribution in [3.8, 4) is 0 Å². The van der Waals surface area contributed by atoms with Crippen molar-refractivity contribution < 1.29 is 14.7 Å². The molecule has 0 aliphatic carbocycles. The second kappa shape index (κ2) is 5.09. The van der Waals surface area contributed by atoms with Gasteiger partial charge in [-0.05, 0) is 0 Å². The number of rotatable bonds is 4. The van der Waals surface area contributed by atoms with Crippen LogP contribution in [0, 0.1) is 0 Å². The smallest absolute Gasteiger partial charge is 0.326 e. The Kier molecular flexibility index (Phi) is 4.05. The highest BCUT2D eigenvalue weighted by Crippen LogP contribution is 2.19. The minimum atomic E-state index is -1.09. The molecule has 2 N–H and O–H groups in total. The van der Waals surface area contributed by atoms with Crippen molar-refractivity contribution in [2.24, 2.45) is 0 Å². The van der Waals surface area contributed by atoms with Crippen LogP contribution in [0.2, 0.25) is 4.34 Å². The van der Waals surface area contributed by atoms with Gasteiger partial charge >= 0.3 is 5.97 Å². The molecule has 1 atom stereocenters. The van der Waals surface area contributed by atoms with E-state index in [1.165, 1.54) is 24.5 Å². The van der Waals surface area contributed by atoms with E-state index in [0.717, 1.165) is 0 Å². The van der Waals surface area contributed by atoms with Crippen molar-refractivity contribution in [1.82, 2.24) is 10.3 Å². The molecule has 1 aromatic rings. The number of carboxylic acid groups (broad SMARTS) is 1. The lowest BCUT2D eigenvalue weighted by Crippen LogP contribution is -2.41. The third kappa shape index (κ3) is 3.85. The van der Waals surface area contributed by atoms with E-state index in [-0.39, 0.29) is 12.3 Å². The van der Waals surface area contributed by atoms with Gasteiger partial charge in [0.2, 0.25) is 5.91 Å². The van der Waals surface area contributed by atoms with Gasteiger partial charge in [0.1, 0.15) is 10.4 Å². The number of thiazole rings is 1. The molecule has 7 heteroatoms. The number of carbonyl (C=O) groups is 2. The van der Waals surface area contributed by atoms with Crippen molar-refractivity contribution in [3.05, 3.63) is 15.5 Å². The van der Waals surface area contributed by atoms with E-state index in [0.29, 0.717) is 9.34 Å². The summed E-state index contributed by atoms with van der Waals surface area (Å²) in [6, 6.07) is -0.954. The molecule has 0 radical (unpaired) electrons. The van der Waals surface area contributed by atoms with Crippen LogP contribution in [0.4, 0.5) is 0 Å². The van der Waals surface area contributed by atoms with E-state index < -0.39 is 12.0 Å². The lowest BCUT2D eigenvalue weighted by atomic mass is 10.2. The largest absolute Gasteiger partial charge is 0.480 e. The Morgan fingerprint density at radius 3 is 2.80 bits per heavy atom. The average Bonchev–Trinajstić information content (AvgIpc) is 2.49. The average molecular weight is 249 g/mol. The predicted octanol–water partition coefficient (Wildman–Crippen LogP) is 0.928. The summed E-state index contributed by atoms with van der Waals surface area (Å²) in [4.78, 5) is 25.4. The summed E-state index contributed by atoms with van der Waals surface area (Å²) in [5, 5.41) is 11.7. The minimum Gasteiger partial charge on any atom is -0.480 e. The van der Waals surface area contributed by atoms with Gasteiger partial charge in [0.15, 0.2) is 0 Å². The first-order chi connectivity index (χ1) is 6.99. The van der Waals surface area contributed by atoms with Crippen molar-refractivity contribution >= 4 is 34.8 Å². The number of carboxylic acids is 1. The molecule has 1 amide bonds. The van der Waals surface area contributed by atoms with Crippen molar-refractivity contribution in [2.75, 3.05) is 0 Å². The van der Waals surface area contributed by atoms with E-state index in [9.17, 15) is 9.59 Å². The molecule has 0 aliphatic heterocycles. The number of nitrogens with one attached hydrogen (secondary N) is 1. The zero-order chi connectivity index (χ0) is 11.4. The van der Waals surface area contributed by atoms with Crippen molar-refractivity contribution in [3.63, 3.8) is 0 Å². The number of halogens is 1. The van der Waals surface area contributed by atoms with Crippen LogP contribution in [0.25, 0.3) is 0 Å². The van der Waals surface area contributed by atoms with Gasteiger partial charge in [0.05, 0.1) is 11.2 Å². The second-order valence-corrected chi connectivity index (χ2v) is 4.60. The van der Waals surface area contributed by atoms with Crippen LogP contribution < -0.4 is 5.32 Å². The van der Waals surface area contributed by atoms with Crippen LogP contribution in [-0.2, 0) is 16.0 Å². The number of hydrogen-bond acceptors (Lipinski definition) is 4. The van der Waals surface area contributed by atoms with E-state index in [1.54, 1.807) is 0 Å². The summed E-state index contributed by atoms with van der Waals surface area (Å²) in [5.74, 6) is -1.47. The van der Waals surface area contributed by atoms with Crippen molar-refractivity contribution in [1.29, 1.82) is 0 Å². The Morgan fingerprint density at radius 1 is 1.73 bits per heavy atom. The Hall–Kier alpha value is -1.14. The predicted molar refractivity (Wildman–Crippen MR) is 56.1 cm³/mol. The molecular weight excluding hydrogens is 240 g/mol. The number of amides is 1. The fraction of sp³-hybridized carbons (Fsp3) is 0.375. The molecule has 0 spiro atoms. The second-order valence-electron chi connectivity index (χ2n) is 2.85.